The number of hydrogen-bond acceptors (Lipinski definition) is 3. The number of carbonyl (C=O) groups is 1. The fraction of sp³-hybridized carbons (Fsp3) is 0.400. The summed E-state index contributed by atoms with van der Waals surface area (Å²) in [5, 5.41) is 3.52. The first-order chi connectivity index (χ1) is 9.65. The molecule has 1 N–H and O–H groups in total. The second-order valence-corrected chi connectivity index (χ2v) is 6.17. The molecule has 0 spiro atoms. The number of rotatable bonds is 2. The number of carbonyl (C=O) groups excluding carboxylic acids is 1. The minimum absolute atomic E-state index is 0. The lowest BCUT2D eigenvalue weighted by Gasteiger charge is -2.34. The largest absolute Gasteiger partial charge is 0.314 e. The Morgan fingerprint density at radius 1 is 1.33 bits per heavy atom. The van der Waals surface area contributed by atoms with Gasteiger partial charge in [-0.25, -0.2) is 4.39 Å². The van der Waals surface area contributed by atoms with Gasteiger partial charge in [-0.2, -0.15) is 0 Å². The molecular formula is C15H18ClFN2OS. The molecule has 1 fully saturated rings. The Hall–Kier alpha value is -1.04. The molecule has 1 amide bonds. The fourth-order valence-electron chi connectivity index (χ4n) is 2.74. The van der Waals surface area contributed by atoms with Crippen LogP contribution in [0.2, 0.25) is 0 Å². The van der Waals surface area contributed by atoms with Crippen molar-refractivity contribution >= 4 is 35.0 Å². The van der Waals surface area contributed by atoms with Gasteiger partial charge < -0.3 is 4.90 Å². The molecule has 0 aromatic heterocycles. The highest BCUT2D eigenvalue weighted by molar-refractivity contribution is 8.13. The first kappa shape index (κ1) is 16.3. The van der Waals surface area contributed by atoms with Gasteiger partial charge in [0.1, 0.15) is 5.82 Å². The highest BCUT2D eigenvalue weighted by Crippen LogP contribution is 2.31. The number of hydrogen-bond donors (Lipinski definition) is 1. The van der Waals surface area contributed by atoms with E-state index in [-0.39, 0.29) is 35.7 Å². The lowest BCUT2D eigenvalue weighted by molar-refractivity contribution is 0.170. The van der Waals surface area contributed by atoms with Gasteiger partial charge in [0.05, 0.1) is 6.17 Å². The summed E-state index contributed by atoms with van der Waals surface area (Å²) in [6.07, 6.45) is 2.92. The van der Waals surface area contributed by atoms with Gasteiger partial charge in [0, 0.05) is 24.8 Å². The lowest BCUT2D eigenvalue weighted by Crippen LogP contribution is -2.50. The molecule has 1 aromatic rings. The van der Waals surface area contributed by atoms with Gasteiger partial charge in [-0.3, -0.25) is 10.1 Å². The van der Waals surface area contributed by atoms with Crippen LogP contribution in [0, 0.1) is 5.82 Å². The van der Waals surface area contributed by atoms with Crippen molar-refractivity contribution in [1.82, 2.24) is 10.2 Å². The van der Waals surface area contributed by atoms with Crippen molar-refractivity contribution in [1.29, 1.82) is 0 Å². The molecule has 2 aliphatic rings. The smallest absolute Gasteiger partial charge is 0.283 e. The fourth-order valence-corrected chi connectivity index (χ4v) is 3.74. The van der Waals surface area contributed by atoms with Crippen LogP contribution in [0.25, 0.3) is 5.57 Å². The van der Waals surface area contributed by atoms with Crippen molar-refractivity contribution in [2.75, 3.05) is 12.3 Å². The van der Waals surface area contributed by atoms with Gasteiger partial charge >= 0.3 is 0 Å². The molecule has 2 unspecified atom stereocenters. The van der Waals surface area contributed by atoms with E-state index in [1.165, 1.54) is 29.5 Å². The number of amides is 1. The number of benzene rings is 1. The molecule has 2 aliphatic heterocycles. The predicted molar refractivity (Wildman–Crippen MR) is 87.2 cm³/mol. The molecule has 1 saturated heterocycles. The molecule has 1 aromatic carbocycles. The summed E-state index contributed by atoms with van der Waals surface area (Å²) in [5.41, 5.74) is 2.20. The number of nitrogens with zero attached hydrogens (tertiary/aromatic N) is 1. The van der Waals surface area contributed by atoms with E-state index in [9.17, 15) is 9.18 Å². The van der Waals surface area contributed by atoms with Crippen molar-refractivity contribution in [2.24, 2.45) is 0 Å². The van der Waals surface area contributed by atoms with Crippen molar-refractivity contribution in [3.63, 3.8) is 0 Å². The predicted octanol–water partition coefficient (Wildman–Crippen LogP) is 3.51. The minimum Gasteiger partial charge on any atom is -0.314 e. The molecule has 3 rings (SSSR count). The average molecular weight is 329 g/mol. The van der Waals surface area contributed by atoms with Crippen molar-refractivity contribution in [3.8, 4) is 0 Å². The molecule has 6 heteroatoms. The number of thioether (sulfide) groups is 1. The van der Waals surface area contributed by atoms with E-state index in [0.717, 1.165) is 24.3 Å². The summed E-state index contributed by atoms with van der Waals surface area (Å²) in [4.78, 5) is 13.9. The molecule has 2 atom stereocenters. The van der Waals surface area contributed by atoms with Gasteiger partial charge in [-0.15, -0.1) is 12.4 Å². The SMILES string of the molecule is CC1CSC(=O)N1C1CC(c2ccc(F)cc2)=CCN1.Cl. The van der Waals surface area contributed by atoms with Crippen LogP contribution >= 0.6 is 24.2 Å². The second kappa shape index (κ2) is 6.81. The van der Waals surface area contributed by atoms with Gasteiger partial charge in [0.2, 0.25) is 0 Å². The van der Waals surface area contributed by atoms with E-state index in [4.69, 9.17) is 0 Å². The number of nitrogens with one attached hydrogen (secondary N) is 1. The van der Waals surface area contributed by atoms with E-state index in [2.05, 4.69) is 18.3 Å². The van der Waals surface area contributed by atoms with Crippen molar-refractivity contribution in [3.05, 3.63) is 41.7 Å². The highest BCUT2D eigenvalue weighted by atomic mass is 35.5. The molecule has 3 nitrogen and oxygen atoms in total. The summed E-state index contributed by atoms with van der Waals surface area (Å²) in [5.74, 6) is 0.631. The van der Waals surface area contributed by atoms with E-state index in [1.807, 2.05) is 4.90 Å². The Labute approximate surface area is 134 Å². The third kappa shape index (κ3) is 3.42. The molecule has 114 valence electrons. The first-order valence-corrected chi connectivity index (χ1v) is 7.77. The molecule has 0 bridgehead atoms. The monoisotopic (exact) mass is 328 g/mol. The Morgan fingerprint density at radius 2 is 2.05 bits per heavy atom. The second-order valence-electron chi connectivity index (χ2n) is 5.20. The Kier molecular flexibility index (Phi) is 5.30. The highest BCUT2D eigenvalue weighted by Gasteiger charge is 2.35. The quantitative estimate of drug-likeness (QED) is 0.901. The zero-order valence-corrected chi connectivity index (χ0v) is 13.3. The topological polar surface area (TPSA) is 32.3 Å². The summed E-state index contributed by atoms with van der Waals surface area (Å²) >= 11 is 1.38. The molecular weight excluding hydrogens is 311 g/mol. The average Bonchev–Trinajstić information content (AvgIpc) is 2.79. The summed E-state index contributed by atoms with van der Waals surface area (Å²) in [7, 11) is 0. The van der Waals surface area contributed by atoms with Crippen LogP contribution in [0.5, 0.6) is 0 Å². The maximum Gasteiger partial charge on any atom is 0.283 e. The van der Waals surface area contributed by atoms with E-state index < -0.39 is 0 Å². The zero-order valence-electron chi connectivity index (χ0n) is 11.7. The Morgan fingerprint density at radius 3 is 2.67 bits per heavy atom. The number of halogens is 2. The third-order valence-corrected chi connectivity index (χ3v) is 4.91. The van der Waals surface area contributed by atoms with Gasteiger partial charge in [0.25, 0.3) is 5.24 Å². The molecule has 0 aliphatic carbocycles. The summed E-state index contributed by atoms with van der Waals surface area (Å²) < 4.78 is 13.0. The van der Waals surface area contributed by atoms with Crippen LogP contribution in [-0.2, 0) is 0 Å². The molecule has 0 radical (unpaired) electrons. The van der Waals surface area contributed by atoms with E-state index in [1.54, 1.807) is 12.1 Å². The normalized spacial score (nSPS) is 25.5. The summed E-state index contributed by atoms with van der Waals surface area (Å²) in [6.45, 7) is 2.81. The van der Waals surface area contributed by atoms with Crippen LogP contribution in [0.3, 0.4) is 0 Å². The standard InChI is InChI=1S/C15H17FN2OS.ClH/c1-10-9-20-15(19)18(10)14-8-12(6-7-17-14)11-2-4-13(16)5-3-11;/h2-6,10,14,17H,7-9H2,1H3;1H. The Bertz CT molecular complexity index is 549. The van der Waals surface area contributed by atoms with Crippen LogP contribution < -0.4 is 5.32 Å². The molecule has 21 heavy (non-hydrogen) atoms. The Balaban J connectivity index is 0.00000161. The zero-order chi connectivity index (χ0) is 14.1. The molecule has 0 saturated carbocycles. The third-order valence-electron chi connectivity index (χ3n) is 3.80. The van der Waals surface area contributed by atoms with Crippen molar-refractivity contribution < 1.29 is 9.18 Å². The minimum atomic E-state index is -0.223. The molecule has 2 heterocycles. The van der Waals surface area contributed by atoms with Crippen LogP contribution in [0.1, 0.15) is 18.9 Å². The summed E-state index contributed by atoms with van der Waals surface area (Å²) in [6, 6.07) is 6.82. The van der Waals surface area contributed by atoms with Gasteiger partial charge in [0.15, 0.2) is 0 Å². The maximum atomic E-state index is 13.0. The van der Waals surface area contributed by atoms with Gasteiger partial charge in [-0.05, 0) is 30.2 Å². The van der Waals surface area contributed by atoms with E-state index in [0.29, 0.717) is 0 Å². The van der Waals surface area contributed by atoms with Crippen LogP contribution in [0.15, 0.2) is 30.3 Å². The van der Waals surface area contributed by atoms with E-state index >= 15 is 0 Å². The first-order valence-electron chi connectivity index (χ1n) is 6.78. The van der Waals surface area contributed by atoms with Gasteiger partial charge in [-0.1, -0.05) is 30.0 Å². The van der Waals surface area contributed by atoms with Crippen LogP contribution in [0.4, 0.5) is 9.18 Å². The maximum absolute atomic E-state index is 13.0. The van der Waals surface area contributed by atoms with Crippen LogP contribution in [-0.4, -0.2) is 34.6 Å². The van der Waals surface area contributed by atoms with Crippen molar-refractivity contribution in [2.45, 2.75) is 25.6 Å². The lowest BCUT2D eigenvalue weighted by atomic mass is 9.97.